The predicted octanol–water partition coefficient (Wildman–Crippen LogP) is 2.60. The first kappa shape index (κ1) is 20.5. The molecule has 26 heavy (non-hydrogen) atoms. The molecule has 144 valence electrons. The van der Waals surface area contributed by atoms with E-state index >= 15 is 0 Å². The quantitative estimate of drug-likeness (QED) is 0.743. The number of likely N-dealkylation sites (N-methyl/N-ethyl adjacent to an activating group) is 1. The maximum absolute atomic E-state index is 12.4. The number of unbranched alkanes of at least 4 members (excludes halogenated alkanes) is 1. The molecular formula is C17H24ClN3O4S. The number of halogens is 1. The first-order valence-corrected chi connectivity index (χ1v) is 9.73. The number of hydrogen-bond acceptors (Lipinski definition) is 5. The van der Waals surface area contributed by atoms with Crippen molar-refractivity contribution in [1.82, 2.24) is 15.1 Å². The second-order valence-electron chi connectivity index (χ2n) is 6.38. The number of carbonyl (C=O) groups is 3. The molecule has 2 rings (SSSR count). The molecule has 7 nitrogen and oxygen atoms in total. The van der Waals surface area contributed by atoms with Crippen LogP contribution in [0, 0.1) is 0 Å². The Morgan fingerprint density at radius 3 is 2.69 bits per heavy atom. The lowest BCUT2D eigenvalue weighted by Gasteiger charge is -2.25. The van der Waals surface area contributed by atoms with E-state index in [0.717, 1.165) is 12.8 Å². The molecule has 9 heteroatoms. The van der Waals surface area contributed by atoms with Crippen molar-refractivity contribution in [2.24, 2.45) is 0 Å². The Bertz CT molecular complexity index is 664. The van der Waals surface area contributed by atoms with Crippen molar-refractivity contribution in [1.29, 1.82) is 0 Å². The molecule has 1 N–H and O–H groups in total. The number of likely N-dealkylation sites (tertiary alicyclic amines) is 1. The van der Waals surface area contributed by atoms with Crippen molar-refractivity contribution < 1.29 is 19.1 Å². The Balaban J connectivity index is 2.04. The number of carbonyl (C=O) groups excluding carboxylic acids is 3. The van der Waals surface area contributed by atoms with Crippen molar-refractivity contribution in [3.63, 3.8) is 0 Å². The highest BCUT2D eigenvalue weighted by molar-refractivity contribution is 7.18. The standard InChI is InChI=1S/C17H24ClN3O4S/c1-4-5-8-25-17(24)21-10-11(9-12(21)16(23)20(2)3)19-15(22)13-6-7-14(18)26-13/h6-7,11-12H,4-5,8-10H2,1-3H3,(H,19,22)/t11-,12+/m1/s1. The third-order valence-electron chi connectivity index (χ3n) is 4.12. The number of nitrogens with one attached hydrogen (secondary N) is 1. The Labute approximate surface area is 162 Å². The average molecular weight is 402 g/mol. The van der Waals surface area contributed by atoms with Crippen LogP contribution in [0.1, 0.15) is 35.9 Å². The summed E-state index contributed by atoms with van der Waals surface area (Å²) >= 11 is 7.05. The van der Waals surface area contributed by atoms with Crippen LogP contribution in [-0.4, -0.2) is 67.0 Å². The van der Waals surface area contributed by atoms with Crippen molar-refractivity contribution in [3.8, 4) is 0 Å². The molecule has 0 bridgehead atoms. The van der Waals surface area contributed by atoms with Gasteiger partial charge in [0.05, 0.1) is 15.8 Å². The molecule has 1 aliphatic rings. The van der Waals surface area contributed by atoms with Crippen molar-refractivity contribution in [3.05, 3.63) is 21.3 Å². The Kier molecular flexibility index (Phi) is 7.28. The lowest BCUT2D eigenvalue weighted by atomic mass is 10.1. The fraction of sp³-hybridized carbons (Fsp3) is 0.588. The zero-order valence-electron chi connectivity index (χ0n) is 15.2. The summed E-state index contributed by atoms with van der Waals surface area (Å²) in [6.45, 7) is 2.56. The van der Waals surface area contributed by atoms with E-state index in [1.54, 1.807) is 26.2 Å². The number of hydrogen-bond donors (Lipinski definition) is 1. The molecule has 1 aliphatic heterocycles. The van der Waals surface area contributed by atoms with Crippen molar-refractivity contribution >= 4 is 40.8 Å². The largest absolute Gasteiger partial charge is 0.449 e. The molecule has 3 amide bonds. The number of thiophene rings is 1. The topological polar surface area (TPSA) is 79.0 Å². The second-order valence-corrected chi connectivity index (χ2v) is 8.09. The lowest BCUT2D eigenvalue weighted by molar-refractivity contribution is -0.133. The Hall–Kier alpha value is -1.80. The molecule has 0 saturated carbocycles. The molecule has 2 heterocycles. The van der Waals surface area contributed by atoms with E-state index in [-0.39, 0.29) is 24.4 Å². The van der Waals surface area contributed by atoms with Crippen LogP contribution in [0.2, 0.25) is 4.34 Å². The van der Waals surface area contributed by atoms with E-state index in [9.17, 15) is 14.4 Å². The van der Waals surface area contributed by atoms with E-state index in [2.05, 4.69) is 5.32 Å². The second kappa shape index (κ2) is 9.23. The molecule has 2 atom stereocenters. The van der Waals surface area contributed by atoms with Crippen LogP contribution in [-0.2, 0) is 9.53 Å². The van der Waals surface area contributed by atoms with Crippen LogP contribution in [0.4, 0.5) is 4.79 Å². The number of amides is 3. The van der Waals surface area contributed by atoms with Gasteiger partial charge in [-0.05, 0) is 25.0 Å². The van der Waals surface area contributed by atoms with Gasteiger partial charge in [-0.1, -0.05) is 24.9 Å². The molecule has 0 radical (unpaired) electrons. The molecule has 1 aromatic heterocycles. The van der Waals surface area contributed by atoms with Gasteiger partial charge in [-0.3, -0.25) is 14.5 Å². The predicted molar refractivity (Wildman–Crippen MR) is 101 cm³/mol. The van der Waals surface area contributed by atoms with E-state index in [4.69, 9.17) is 16.3 Å². The summed E-state index contributed by atoms with van der Waals surface area (Å²) in [5, 5.41) is 2.88. The summed E-state index contributed by atoms with van der Waals surface area (Å²) in [6, 6.07) is 2.34. The molecule has 0 aromatic carbocycles. The van der Waals surface area contributed by atoms with Gasteiger partial charge in [0.25, 0.3) is 5.91 Å². The number of nitrogens with zero attached hydrogens (tertiary/aromatic N) is 2. The summed E-state index contributed by atoms with van der Waals surface area (Å²) < 4.78 is 5.79. The fourth-order valence-electron chi connectivity index (χ4n) is 2.75. The summed E-state index contributed by atoms with van der Waals surface area (Å²) in [5.41, 5.74) is 0. The number of rotatable bonds is 6. The van der Waals surface area contributed by atoms with Crippen LogP contribution in [0.3, 0.4) is 0 Å². The molecule has 1 aromatic rings. The number of ether oxygens (including phenoxy) is 1. The summed E-state index contributed by atoms with van der Waals surface area (Å²) in [5.74, 6) is -0.447. The third-order valence-corrected chi connectivity index (χ3v) is 5.35. The van der Waals surface area contributed by atoms with Crippen molar-refractivity contribution in [2.75, 3.05) is 27.2 Å². The van der Waals surface area contributed by atoms with Gasteiger partial charge in [0.1, 0.15) is 6.04 Å². The highest BCUT2D eigenvalue weighted by Gasteiger charge is 2.41. The minimum Gasteiger partial charge on any atom is -0.449 e. The van der Waals surface area contributed by atoms with Gasteiger partial charge in [0.15, 0.2) is 0 Å². The highest BCUT2D eigenvalue weighted by Crippen LogP contribution is 2.24. The SMILES string of the molecule is CCCCOC(=O)N1C[C@H](NC(=O)c2ccc(Cl)s2)C[C@H]1C(=O)N(C)C. The molecule has 0 unspecified atom stereocenters. The van der Waals surface area contributed by atoms with Crippen LogP contribution in [0.5, 0.6) is 0 Å². The first-order chi connectivity index (χ1) is 12.3. The fourth-order valence-corrected chi connectivity index (χ4v) is 3.70. The molecule has 1 saturated heterocycles. The molecular weight excluding hydrogens is 378 g/mol. The van der Waals surface area contributed by atoms with Gasteiger partial charge < -0.3 is 15.0 Å². The van der Waals surface area contributed by atoms with Gasteiger partial charge in [0.2, 0.25) is 5.91 Å². The average Bonchev–Trinajstić information content (AvgIpc) is 3.20. The summed E-state index contributed by atoms with van der Waals surface area (Å²) in [6.07, 6.45) is 1.51. The zero-order valence-corrected chi connectivity index (χ0v) is 16.7. The van der Waals surface area contributed by atoms with Crippen LogP contribution in [0.25, 0.3) is 0 Å². The molecule has 0 aliphatic carbocycles. The molecule has 1 fully saturated rings. The van der Waals surface area contributed by atoms with Crippen molar-refractivity contribution in [2.45, 2.75) is 38.3 Å². The van der Waals surface area contributed by atoms with Gasteiger partial charge >= 0.3 is 6.09 Å². The van der Waals surface area contributed by atoms with E-state index in [1.165, 1.54) is 21.1 Å². The van der Waals surface area contributed by atoms with Gasteiger partial charge in [-0.15, -0.1) is 11.3 Å². The molecule has 0 spiro atoms. The first-order valence-electron chi connectivity index (χ1n) is 8.54. The van der Waals surface area contributed by atoms with Crippen LogP contribution < -0.4 is 5.32 Å². The highest BCUT2D eigenvalue weighted by atomic mass is 35.5. The summed E-state index contributed by atoms with van der Waals surface area (Å²) in [4.78, 5) is 40.5. The smallest absolute Gasteiger partial charge is 0.410 e. The van der Waals surface area contributed by atoms with Gasteiger partial charge in [-0.2, -0.15) is 0 Å². The normalized spacial score (nSPS) is 19.3. The van der Waals surface area contributed by atoms with Gasteiger partial charge in [0, 0.05) is 26.7 Å². The van der Waals surface area contributed by atoms with Crippen LogP contribution >= 0.6 is 22.9 Å². The maximum atomic E-state index is 12.4. The van der Waals surface area contributed by atoms with Crippen LogP contribution in [0.15, 0.2) is 12.1 Å². The van der Waals surface area contributed by atoms with E-state index in [0.29, 0.717) is 22.2 Å². The maximum Gasteiger partial charge on any atom is 0.410 e. The van der Waals surface area contributed by atoms with E-state index < -0.39 is 12.1 Å². The summed E-state index contributed by atoms with van der Waals surface area (Å²) in [7, 11) is 3.28. The zero-order chi connectivity index (χ0) is 19.3. The van der Waals surface area contributed by atoms with Gasteiger partial charge in [-0.25, -0.2) is 4.79 Å². The monoisotopic (exact) mass is 401 g/mol. The minimum absolute atomic E-state index is 0.187. The third kappa shape index (κ3) is 5.11. The van der Waals surface area contributed by atoms with E-state index in [1.807, 2.05) is 6.92 Å². The lowest BCUT2D eigenvalue weighted by Crippen LogP contribution is -2.45. The Morgan fingerprint density at radius 1 is 1.38 bits per heavy atom. The Morgan fingerprint density at radius 2 is 2.12 bits per heavy atom. The minimum atomic E-state index is -0.642.